The molecule has 0 saturated carbocycles. The van der Waals surface area contributed by atoms with Crippen LogP contribution in [0.3, 0.4) is 0 Å². The Kier molecular flexibility index (Phi) is 2.76. The number of phenols is 1. The lowest BCUT2D eigenvalue weighted by molar-refractivity contribution is 0.321. The van der Waals surface area contributed by atoms with Crippen LogP contribution in [0.5, 0.6) is 11.5 Å². The van der Waals surface area contributed by atoms with Gasteiger partial charge in [0.1, 0.15) is 17.1 Å². The first-order chi connectivity index (χ1) is 9.42. The Morgan fingerprint density at radius 1 is 1.40 bits per heavy atom. The summed E-state index contributed by atoms with van der Waals surface area (Å²) in [5.74, 6) is 0.574. The third-order valence-corrected chi connectivity index (χ3v) is 3.72. The molecule has 106 valence electrons. The second-order valence-corrected chi connectivity index (χ2v) is 5.49. The van der Waals surface area contributed by atoms with Crippen LogP contribution in [-0.4, -0.2) is 23.9 Å². The van der Waals surface area contributed by atoms with Gasteiger partial charge >= 0.3 is 5.63 Å². The van der Waals surface area contributed by atoms with E-state index in [9.17, 15) is 9.90 Å². The maximum absolute atomic E-state index is 11.2. The molecule has 1 unspecified atom stereocenters. The van der Waals surface area contributed by atoms with E-state index in [0.29, 0.717) is 28.7 Å². The Morgan fingerprint density at radius 3 is 2.70 bits per heavy atom. The van der Waals surface area contributed by atoms with Crippen LogP contribution in [-0.2, 0) is 11.2 Å². The van der Waals surface area contributed by atoms with E-state index in [1.807, 2.05) is 13.8 Å². The molecule has 20 heavy (non-hydrogen) atoms. The molecule has 2 aromatic rings. The van der Waals surface area contributed by atoms with Crippen molar-refractivity contribution in [2.75, 3.05) is 7.11 Å². The van der Waals surface area contributed by atoms with E-state index in [2.05, 4.69) is 0 Å². The lowest BCUT2D eigenvalue weighted by Gasteiger charge is -2.12. The molecule has 0 bridgehead atoms. The summed E-state index contributed by atoms with van der Waals surface area (Å²) in [5, 5.41) is 10.8. The molecule has 5 nitrogen and oxygen atoms in total. The third kappa shape index (κ3) is 2.04. The van der Waals surface area contributed by atoms with Gasteiger partial charge in [-0.15, -0.1) is 0 Å². The molecule has 0 radical (unpaired) electrons. The van der Waals surface area contributed by atoms with Gasteiger partial charge in [-0.05, 0) is 19.9 Å². The summed E-state index contributed by atoms with van der Waals surface area (Å²) in [7, 11) is 1.53. The molecule has 1 aromatic heterocycles. The standard InChI is InChI=1S/C15H16O5/c1-15(2)12(20-15)6-9-10(16)7-11-8(14(9)18-3)4-5-13(17)19-11/h4-5,7,12,16H,6H2,1-3H3. The highest BCUT2D eigenvalue weighted by Gasteiger charge is 2.48. The number of epoxide rings is 1. The van der Waals surface area contributed by atoms with Crippen LogP contribution in [0.4, 0.5) is 0 Å². The number of methoxy groups -OCH3 is 1. The van der Waals surface area contributed by atoms with Crippen molar-refractivity contribution in [3.8, 4) is 11.5 Å². The lowest BCUT2D eigenvalue weighted by atomic mass is 9.99. The Balaban J connectivity index is 2.13. The topological polar surface area (TPSA) is 72.2 Å². The number of fused-ring (bicyclic) bond motifs is 1. The van der Waals surface area contributed by atoms with Gasteiger partial charge in [0.05, 0.1) is 24.2 Å². The molecule has 1 aliphatic heterocycles. The Morgan fingerprint density at radius 2 is 2.10 bits per heavy atom. The normalized spacial score (nSPS) is 20.1. The van der Waals surface area contributed by atoms with Crippen molar-refractivity contribution in [2.45, 2.75) is 32.0 Å². The highest BCUT2D eigenvalue weighted by molar-refractivity contribution is 5.87. The zero-order valence-electron chi connectivity index (χ0n) is 11.6. The molecule has 0 amide bonds. The third-order valence-electron chi connectivity index (χ3n) is 3.72. The number of phenolic OH excluding ortho intramolecular Hbond substituents is 1. The number of hydrogen-bond acceptors (Lipinski definition) is 5. The minimum Gasteiger partial charge on any atom is -0.507 e. The van der Waals surface area contributed by atoms with Crippen LogP contribution < -0.4 is 10.4 Å². The highest BCUT2D eigenvalue weighted by atomic mass is 16.6. The molecule has 1 saturated heterocycles. The number of benzene rings is 1. The molecule has 1 atom stereocenters. The van der Waals surface area contributed by atoms with Gasteiger partial charge in [-0.3, -0.25) is 0 Å². The predicted octanol–water partition coefficient (Wildman–Crippen LogP) is 2.23. The second kappa shape index (κ2) is 4.24. The minimum atomic E-state index is -0.460. The van der Waals surface area contributed by atoms with E-state index in [1.165, 1.54) is 19.2 Å². The van der Waals surface area contributed by atoms with Gasteiger partial charge in [0, 0.05) is 24.1 Å². The fourth-order valence-electron chi connectivity index (χ4n) is 2.45. The molecular weight excluding hydrogens is 260 g/mol. The summed E-state index contributed by atoms with van der Waals surface area (Å²) in [4.78, 5) is 11.2. The van der Waals surface area contributed by atoms with Crippen LogP contribution in [0.25, 0.3) is 11.0 Å². The van der Waals surface area contributed by atoms with Crippen molar-refractivity contribution in [1.82, 2.24) is 0 Å². The quantitative estimate of drug-likeness (QED) is 0.687. The van der Waals surface area contributed by atoms with E-state index < -0.39 is 5.63 Å². The SMILES string of the molecule is COc1c(CC2OC2(C)C)c(O)cc2oc(=O)ccc12. The Labute approximate surface area is 115 Å². The van der Waals surface area contributed by atoms with Gasteiger partial charge < -0.3 is 19.0 Å². The van der Waals surface area contributed by atoms with E-state index in [1.54, 1.807) is 6.07 Å². The van der Waals surface area contributed by atoms with Crippen molar-refractivity contribution >= 4 is 11.0 Å². The average Bonchev–Trinajstić information content (AvgIpc) is 2.97. The van der Waals surface area contributed by atoms with E-state index >= 15 is 0 Å². The zero-order valence-corrected chi connectivity index (χ0v) is 11.6. The molecule has 1 N–H and O–H groups in total. The molecule has 5 heteroatoms. The summed E-state index contributed by atoms with van der Waals surface area (Å²) in [6, 6.07) is 4.43. The average molecular weight is 276 g/mol. The monoisotopic (exact) mass is 276 g/mol. The van der Waals surface area contributed by atoms with Gasteiger partial charge in [-0.25, -0.2) is 4.79 Å². The number of hydrogen-bond donors (Lipinski definition) is 1. The Bertz CT molecular complexity index is 729. The summed E-state index contributed by atoms with van der Waals surface area (Å²) in [6.07, 6.45) is 0.604. The first-order valence-corrected chi connectivity index (χ1v) is 6.43. The largest absolute Gasteiger partial charge is 0.507 e. The fraction of sp³-hybridized carbons (Fsp3) is 0.400. The van der Waals surface area contributed by atoms with Crippen LogP contribution >= 0.6 is 0 Å². The number of ether oxygens (including phenoxy) is 2. The molecule has 1 aromatic carbocycles. The van der Waals surface area contributed by atoms with Crippen LogP contribution in [0.15, 0.2) is 27.4 Å². The van der Waals surface area contributed by atoms with Crippen molar-refractivity contribution < 1.29 is 19.0 Å². The fourth-order valence-corrected chi connectivity index (χ4v) is 2.45. The van der Waals surface area contributed by atoms with E-state index in [-0.39, 0.29) is 17.5 Å². The molecule has 1 aliphatic rings. The van der Waals surface area contributed by atoms with Gasteiger partial charge in [0.15, 0.2) is 0 Å². The van der Waals surface area contributed by atoms with Crippen molar-refractivity contribution in [3.63, 3.8) is 0 Å². The van der Waals surface area contributed by atoms with Crippen molar-refractivity contribution in [2.24, 2.45) is 0 Å². The van der Waals surface area contributed by atoms with Crippen molar-refractivity contribution in [1.29, 1.82) is 0 Å². The minimum absolute atomic E-state index is 0.0509. The number of rotatable bonds is 3. The summed E-state index contributed by atoms with van der Waals surface area (Å²) >= 11 is 0. The lowest BCUT2D eigenvalue weighted by Crippen LogP contribution is -2.07. The van der Waals surface area contributed by atoms with Gasteiger partial charge in [0.25, 0.3) is 0 Å². The molecule has 2 heterocycles. The summed E-state index contributed by atoms with van der Waals surface area (Å²) < 4.78 is 16.0. The summed E-state index contributed by atoms with van der Waals surface area (Å²) in [6.45, 7) is 4.00. The molecule has 3 rings (SSSR count). The molecule has 0 aliphatic carbocycles. The summed E-state index contributed by atoms with van der Waals surface area (Å²) in [5.41, 5.74) is 0.352. The highest BCUT2D eigenvalue weighted by Crippen LogP contribution is 2.43. The smallest absolute Gasteiger partial charge is 0.336 e. The Hall–Kier alpha value is -2.01. The zero-order chi connectivity index (χ0) is 14.5. The number of aromatic hydroxyl groups is 1. The second-order valence-electron chi connectivity index (χ2n) is 5.49. The van der Waals surface area contributed by atoms with Gasteiger partial charge in [-0.1, -0.05) is 0 Å². The van der Waals surface area contributed by atoms with Crippen LogP contribution in [0, 0.1) is 0 Å². The van der Waals surface area contributed by atoms with Gasteiger partial charge in [0.2, 0.25) is 0 Å². The molecule has 1 fully saturated rings. The van der Waals surface area contributed by atoms with Gasteiger partial charge in [-0.2, -0.15) is 0 Å². The maximum Gasteiger partial charge on any atom is 0.336 e. The molecular formula is C15H16O5. The van der Waals surface area contributed by atoms with Crippen molar-refractivity contribution in [3.05, 3.63) is 34.2 Å². The van der Waals surface area contributed by atoms with Crippen LogP contribution in [0.1, 0.15) is 19.4 Å². The first-order valence-electron chi connectivity index (χ1n) is 6.43. The predicted molar refractivity (Wildman–Crippen MR) is 73.4 cm³/mol. The molecule has 0 spiro atoms. The van der Waals surface area contributed by atoms with E-state index in [4.69, 9.17) is 13.9 Å². The maximum atomic E-state index is 11.2. The van der Waals surface area contributed by atoms with E-state index in [0.717, 1.165) is 0 Å². The first kappa shape index (κ1) is 13.0. The van der Waals surface area contributed by atoms with Crippen LogP contribution in [0.2, 0.25) is 0 Å².